The van der Waals surface area contributed by atoms with Gasteiger partial charge in [0.2, 0.25) is 0 Å². The van der Waals surface area contributed by atoms with Gasteiger partial charge in [-0.3, -0.25) is 14.6 Å². The lowest BCUT2D eigenvalue weighted by atomic mass is 9.82. The second kappa shape index (κ2) is 9.42. The van der Waals surface area contributed by atoms with Crippen molar-refractivity contribution in [2.75, 3.05) is 5.32 Å². The number of nitrogens with zero attached hydrogens (tertiary/aromatic N) is 2. The molecule has 36 heavy (non-hydrogen) atoms. The number of ether oxygens (including phenoxy) is 1. The van der Waals surface area contributed by atoms with Crippen LogP contribution in [0.2, 0.25) is 0 Å². The predicted octanol–water partition coefficient (Wildman–Crippen LogP) is 4.93. The number of halogens is 3. The van der Waals surface area contributed by atoms with Gasteiger partial charge in [-0.2, -0.15) is 13.2 Å². The molecule has 1 aliphatic carbocycles. The molecule has 10 heteroatoms. The zero-order valence-corrected chi connectivity index (χ0v) is 19.5. The number of carbonyl (C=O) groups excluding carboxylic acids is 2. The molecule has 0 radical (unpaired) electrons. The molecule has 2 aliphatic rings. The van der Waals surface area contributed by atoms with Crippen LogP contribution in [-0.2, 0) is 11.0 Å². The normalized spacial score (nSPS) is 21.4. The first-order valence-electron chi connectivity index (χ1n) is 11.9. The summed E-state index contributed by atoms with van der Waals surface area (Å²) in [5.74, 6) is -0.335. The minimum Gasteiger partial charge on any atom is -0.427 e. The SMILES string of the molecule is CCC(=O)Oc1cccc(C(=O)N2NC3[C@@H](Nc4cc(C(F)(F)F)nc5ccccc45)CCC[C@H]32)c1. The maximum atomic E-state index is 13.5. The van der Waals surface area contributed by atoms with Crippen molar-refractivity contribution in [1.29, 1.82) is 0 Å². The van der Waals surface area contributed by atoms with Crippen LogP contribution in [0.15, 0.2) is 54.6 Å². The van der Waals surface area contributed by atoms with Crippen LogP contribution in [0.1, 0.15) is 48.7 Å². The van der Waals surface area contributed by atoms with E-state index in [0.29, 0.717) is 22.4 Å². The lowest BCUT2D eigenvalue weighted by Crippen LogP contribution is -2.76. The van der Waals surface area contributed by atoms with Crippen molar-refractivity contribution in [1.82, 2.24) is 15.4 Å². The molecule has 1 saturated heterocycles. The first-order chi connectivity index (χ1) is 17.2. The van der Waals surface area contributed by atoms with E-state index in [4.69, 9.17) is 4.74 Å². The molecule has 2 fully saturated rings. The molecule has 1 saturated carbocycles. The van der Waals surface area contributed by atoms with Crippen molar-refractivity contribution in [2.45, 2.75) is 56.9 Å². The van der Waals surface area contributed by atoms with Crippen molar-refractivity contribution in [3.8, 4) is 5.75 Å². The topological polar surface area (TPSA) is 83.6 Å². The van der Waals surface area contributed by atoms with Crippen LogP contribution in [-0.4, -0.2) is 40.0 Å². The number of amides is 1. The van der Waals surface area contributed by atoms with E-state index in [9.17, 15) is 22.8 Å². The Labute approximate surface area is 205 Å². The molecule has 1 aromatic heterocycles. The highest BCUT2D eigenvalue weighted by Crippen LogP contribution is 2.37. The van der Waals surface area contributed by atoms with E-state index in [0.717, 1.165) is 25.3 Å². The highest BCUT2D eigenvalue weighted by Gasteiger charge is 2.48. The lowest BCUT2D eigenvalue weighted by molar-refractivity contribution is -0.141. The van der Waals surface area contributed by atoms with E-state index in [-0.39, 0.29) is 41.9 Å². The average molecular weight is 499 g/mol. The van der Waals surface area contributed by atoms with Crippen LogP contribution in [0.25, 0.3) is 10.9 Å². The molecular formula is C26H25F3N4O3. The standard InChI is InChI=1S/C26H25F3N4O3/c1-2-23(34)36-16-8-5-7-15(13-16)25(35)33-21-12-6-11-19(24(21)32-33)30-20-14-22(26(27,28)29)31-18-10-4-3-9-17(18)20/h3-5,7-10,13-14,19,21,24,32H,2,6,11-12H2,1H3,(H,30,31)/t19-,21+,24?/m0/s1. The smallest absolute Gasteiger partial charge is 0.427 e. The molecule has 5 rings (SSSR count). The number of hydrogen-bond acceptors (Lipinski definition) is 6. The van der Waals surface area contributed by atoms with Crippen molar-refractivity contribution in [3.63, 3.8) is 0 Å². The quantitative estimate of drug-likeness (QED) is 0.383. The molecule has 2 heterocycles. The molecule has 3 aromatic rings. The summed E-state index contributed by atoms with van der Waals surface area (Å²) in [6.07, 6.45) is -2.00. The van der Waals surface area contributed by atoms with E-state index >= 15 is 0 Å². The number of rotatable bonds is 5. The summed E-state index contributed by atoms with van der Waals surface area (Å²) in [4.78, 5) is 28.5. The Morgan fingerprint density at radius 1 is 1.14 bits per heavy atom. The van der Waals surface area contributed by atoms with Gasteiger partial charge >= 0.3 is 12.1 Å². The number of aromatic nitrogens is 1. The number of carbonyl (C=O) groups is 2. The van der Waals surface area contributed by atoms with E-state index in [1.165, 1.54) is 6.07 Å². The molecule has 1 amide bonds. The van der Waals surface area contributed by atoms with E-state index < -0.39 is 11.9 Å². The number of fused-ring (bicyclic) bond motifs is 2. The molecule has 0 spiro atoms. The molecule has 3 atom stereocenters. The maximum Gasteiger partial charge on any atom is 0.433 e. The third kappa shape index (κ3) is 4.60. The molecule has 188 valence electrons. The second-order valence-corrected chi connectivity index (χ2v) is 9.00. The number of hydrogen-bond donors (Lipinski definition) is 2. The van der Waals surface area contributed by atoms with E-state index in [1.54, 1.807) is 54.4 Å². The number of pyridine rings is 1. The average Bonchev–Trinajstić information content (AvgIpc) is 2.84. The van der Waals surface area contributed by atoms with Crippen LogP contribution < -0.4 is 15.5 Å². The van der Waals surface area contributed by atoms with E-state index in [2.05, 4.69) is 15.7 Å². The largest absolute Gasteiger partial charge is 0.433 e. The lowest BCUT2D eigenvalue weighted by Gasteiger charge is -2.54. The zero-order valence-electron chi connectivity index (χ0n) is 19.5. The van der Waals surface area contributed by atoms with Gasteiger partial charge in [0.05, 0.1) is 17.6 Å². The third-order valence-electron chi connectivity index (χ3n) is 6.65. The highest BCUT2D eigenvalue weighted by atomic mass is 19.4. The number of nitrogens with one attached hydrogen (secondary N) is 2. The van der Waals surface area contributed by atoms with Gasteiger partial charge < -0.3 is 10.1 Å². The minimum atomic E-state index is -4.56. The van der Waals surface area contributed by atoms with Crippen LogP contribution in [0.3, 0.4) is 0 Å². The Hall–Kier alpha value is -3.66. The highest BCUT2D eigenvalue weighted by molar-refractivity contribution is 5.95. The van der Waals surface area contributed by atoms with Gasteiger partial charge in [-0.1, -0.05) is 31.2 Å². The maximum absolute atomic E-state index is 13.5. The fourth-order valence-electron chi connectivity index (χ4n) is 4.86. The van der Waals surface area contributed by atoms with Crippen LogP contribution >= 0.6 is 0 Å². The molecule has 1 aliphatic heterocycles. The molecular weight excluding hydrogens is 473 g/mol. The summed E-state index contributed by atoms with van der Waals surface area (Å²) < 4.78 is 45.6. The van der Waals surface area contributed by atoms with Crippen LogP contribution in [0.4, 0.5) is 18.9 Å². The Morgan fingerprint density at radius 3 is 2.72 bits per heavy atom. The van der Waals surface area contributed by atoms with Gasteiger partial charge in [0, 0.05) is 29.1 Å². The summed E-state index contributed by atoms with van der Waals surface area (Å²) >= 11 is 0. The fourth-order valence-corrected chi connectivity index (χ4v) is 4.86. The van der Waals surface area contributed by atoms with Gasteiger partial charge in [-0.25, -0.2) is 10.4 Å². The molecule has 0 bridgehead atoms. The summed E-state index contributed by atoms with van der Waals surface area (Å²) in [7, 11) is 0. The van der Waals surface area contributed by atoms with Gasteiger partial charge in [-0.05, 0) is 49.6 Å². The number of benzene rings is 2. The molecule has 2 aromatic carbocycles. The number of hydrazine groups is 1. The number of alkyl halides is 3. The van der Waals surface area contributed by atoms with Gasteiger partial charge in [0.15, 0.2) is 0 Å². The second-order valence-electron chi connectivity index (χ2n) is 9.00. The Balaban J connectivity index is 1.33. The first kappa shape index (κ1) is 24.1. The van der Waals surface area contributed by atoms with Crippen molar-refractivity contribution >= 4 is 28.5 Å². The fraction of sp³-hybridized carbons (Fsp3) is 0.346. The van der Waals surface area contributed by atoms with Crippen LogP contribution in [0.5, 0.6) is 5.75 Å². The summed E-state index contributed by atoms with van der Waals surface area (Å²) in [6, 6.07) is 13.8. The summed E-state index contributed by atoms with van der Waals surface area (Å²) in [6.45, 7) is 1.69. The molecule has 2 N–H and O–H groups in total. The minimum absolute atomic E-state index is 0.110. The summed E-state index contributed by atoms with van der Waals surface area (Å²) in [5, 5.41) is 5.48. The molecule has 7 nitrogen and oxygen atoms in total. The number of para-hydroxylation sites is 1. The van der Waals surface area contributed by atoms with Crippen molar-refractivity contribution in [2.24, 2.45) is 0 Å². The van der Waals surface area contributed by atoms with Crippen molar-refractivity contribution in [3.05, 3.63) is 65.9 Å². The predicted molar refractivity (Wildman–Crippen MR) is 127 cm³/mol. The van der Waals surface area contributed by atoms with Gasteiger partial charge in [0.25, 0.3) is 5.91 Å². The van der Waals surface area contributed by atoms with E-state index in [1.807, 2.05) is 0 Å². The zero-order chi connectivity index (χ0) is 25.4. The first-order valence-corrected chi connectivity index (χ1v) is 11.9. The van der Waals surface area contributed by atoms with Crippen LogP contribution in [0, 0.1) is 0 Å². The third-order valence-corrected chi connectivity index (χ3v) is 6.65. The number of anilines is 1. The molecule has 1 unspecified atom stereocenters. The van der Waals surface area contributed by atoms with Gasteiger partial charge in [0.1, 0.15) is 11.4 Å². The summed E-state index contributed by atoms with van der Waals surface area (Å²) in [5.41, 5.74) is 3.26. The Bertz CT molecular complexity index is 1310. The Morgan fingerprint density at radius 2 is 1.94 bits per heavy atom. The number of esters is 1. The Kier molecular flexibility index (Phi) is 6.29. The van der Waals surface area contributed by atoms with Crippen molar-refractivity contribution < 1.29 is 27.5 Å². The monoisotopic (exact) mass is 498 g/mol. The van der Waals surface area contributed by atoms with Gasteiger partial charge in [-0.15, -0.1) is 0 Å².